The van der Waals surface area contributed by atoms with E-state index >= 15 is 0 Å². The quantitative estimate of drug-likeness (QED) is 0.559. The Kier molecular flexibility index (Phi) is 6.98. The Labute approximate surface area is 183 Å². The molecule has 0 bridgehead atoms. The van der Waals surface area contributed by atoms with Gasteiger partial charge in [-0.2, -0.15) is 18.3 Å². The normalized spacial score (nSPS) is 11.8. The SMILES string of the molecule is Cc1nn(CC(=O)N(CCN(C)C)Cc2cccc(C(F)(F)F)c2)c(=O)c2ccccc12. The molecule has 0 atom stereocenters. The van der Waals surface area contributed by atoms with Gasteiger partial charge in [-0.3, -0.25) is 9.59 Å². The lowest BCUT2D eigenvalue weighted by atomic mass is 10.1. The molecule has 170 valence electrons. The minimum absolute atomic E-state index is 0.00208. The second-order valence-electron chi connectivity index (χ2n) is 7.91. The maximum absolute atomic E-state index is 13.1. The number of likely N-dealkylation sites (N-methyl/N-ethyl adjacent to an activating group) is 1. The molecule has 3 aromatic rings. The van der Waals surface area contributed by atoms with Crippen molar-refractivity contribution in [1.29, 1.82) is 0 Å². The molecule has 1 heterocycles. The molecule has 1 amide bonds. The van der Waals surface area contributed by atoms with Crippen LogP contribution < -0.4 is 5.56 Å². The number of carbonyl (C=O) groups is 1. The first-order valence-electron chi connectivity index (χ1n) is 10.1. The number of alkyl halides is 3. The molecule has 9 heteroatoms. The molecule has 0 aliphatic heterocycles. The zero-order valence-electron chi connectivity index (χ0n) is 18.2. The van der Waals surface area contributed by atoms with Gasteiger partial charge in [-0.1, -0.05) is 30.3 Å². The molecule has 2 aromatic carbocycles. The molecule has 0 aliphatic rings. The predicted molar refractivity (Wildman–Crippen MR) is 116 cm³/mol. The first-order chi connectivity index (χ1) is 15.1. The van der Waals surface area contributed by atoms with Gasteiger partial charge in [0.15, 0.2) is 0 Å². The number of hydrogen-bond acceptors (Lipinski definition) is 4. The van der Waals surface area contributed by atoms with Crippen LogP contribution >= 0.6 is 0 Å². The number of halogens is 3. The van der Waals surface area contributed by atoms with Crippen LogP contribution in [0.15, 0.2) is 53.3 Å². The van der Waals surface area contributed by atoms with Crippen molar-refractivity contribution in [3.8, 4) is 0 Å². The average Bonchev–Trinajstić information content (AvgIpc) is 2.74. The molecular weight excluding hydrogens is 421 g/mol. The highest BCUT2D eigenvalue weighted by molar-refractivity contribution is 5.83. The Morgan fingerprint density at radius 2 is 1.72 bits per heavy atom. The second kappa shape index (κ2) is 9.52. The van der Waals surface area contributed by atoms with E-state index in [1.54, 1.807) is 31.2 Å². The molecular formula is C23H25F3N4O2. The third-order valence-electron chi connectivity index (χ3n) is 5.14. The molecule has 0 fully saturated rings. The molecule has 3 rings (SSSR count). The van der Waals surface area contributed by atoms with Gasteiger partial charge in [0.1, 0.15) is 6.54 Å². The highest BCUT2D eigenvalue weighted by Crippen LogP contribution is 2.29. The molecule has 32 heavy (non-hydrogen) atoms. The van der Waals surface area contributed by atoms with Crippen LogP contribution in [-0.4, -0.2) is 52.7 Å². The Morgan fingerprint density at radius 1 is 1.03 bits per heavy atom. The Balaban J connectivity index is 1.88. The summed E-state index contributed by atoms with van der Waals surface area (Å²) in [5.41, 5.74) is -0.170. The summed E-state index contributed by atoms with van der Waals surface area (Å²) >= 11 is 0. The molecule has 0 saturated carbocycles. The predicted octanol–water partition coefficient (Wildman–Crippen LogP) is 3.31. The summed E-state index contributed by atoms with van der Waals surface area (Å²) in [4.78, 5) is 29.2. The third kappa shape index (κ3) is 5.53. The van der Waals surface area contributed by atoms with Crippen molar-refractivity contribution < 1.29 is 18.0 Å². The number of aromatic nitrogens is 2. The van der Waals surface area contributed by atoms with Crippen molar-refractivity contribution in [2.24, 2.45) is 0 Å². The van der Waals surface area contributed by atoms with Crippen molar-refractivity contribution in [1.82, 2.24) is 19.6 Å². The number of carbonyl (C=O) groups excluding carboxylic acids is 1. The van der Waals surface area contributed by atoms with Crippen LogP contribution in [0.5, 0.6) is 0 Å². The summed E-state index contributed by atoms with van der Waals surface area (Å²) < 4.78 is 40.4. The van der Waals surface area contributed by atoms with E-state index < -0.39 is 17.6 Å². The molecule has 0 spiro atoms. The van der Waals surface area contributed by atoms with Crippen LogP contribution in [0.25, 0.3) is 10.8 Å². The van der Waals surface area contributed by atoms with Crippen LogP contribution in [0.3, 0.4) is 0 Å². The lowest BCUT2D eigenvalue weighted by molar-refractivity contribution is -0.137. The van der Waals surface area contributed by atoms with Gasteiger partial charge in [-0.15, -0.1) is 0 Å². The number of amides is 1. The second-order valence-corrected chi connectivity index (χ2v) is 7.91. The highest BCUT2D eigenvalue weighted by atomic mass is 19.4. The minimum Gasteiger partial charge on any atom is -0.335 e. The van der Waals surface area contributed by atoms with Crippen molar-refractivity contribution in [2.45, 2.75) is 26.2 Å². The molecule has 1 aromatic heterocycles. The molecule has 0 N–H and O–H groups in total. The Bertz CT molecular complexity index is 1170. The zero-order chi connectivity index (χ0) is 23.5. The number of benzene rings is 2. The van der Waals surface area contributed by atoms with Crippen LogP contribution in [0.2, 0.25) is 0 Å². The first kappa shape index (κ1) is 23.5. The number of aryl methyl sites for hydroxylation is 1. The highest BCUT2D eigenvalue weighted by Gasteiger charge is 2.30. The first-order valence-corrected chi connectivity index (χ1v) is 10.1. The van der Waals surface area contributed by atoms with E-state index in [-0.39, 0.29) is 18.6 Å². The van der Waals surface area contributed by atoms with Crippen molar-refractivity contribution in [2.75, 3.05) is 27.2 Å². The fraction of sp³-hybridized carbons (Fsp3) is 0.348. The lowest BCUT2D eigenvalue weighted by Gasteiger charge is -2.25. The largest absolute Gasteiger partial charge is 0.416 e. The van der Waals surface area contributed by atoms with Crippen molar-refractivity contribution >= 4 is 16.7 Å². The number of fused-ring (bicyclic) bond motifs is 1. The van der Waals surface area contributed by atoms with Gasteiger partial charge in [0.2, 0.25) is 5.91 Å². The molecule has 6 nitrogen and oxygen atoms in total. The van der Waals surface area contributed by atoms with Gasteiger partial charge < -0.3 is 9.80 Å². The summed E-state index contributed by atoms with van der Waals surface area (Å²) in [5, 5.41) is 5.45. The van der Waals surface area contributed by atoms with E-state index in [4.69, 9.17) is 0 Å². The van der Waals surface area contributed by atoms with Gasteiger partial charge in [0, 0.05) is 25.0 Å². The monoisotopic (exact) mass is 446 g/mol. The summed E-state index contributed by atoms with van der Waals surface area (Å²) in [6.45, 7) is 2.27. The van der Waals surface area contributed by atoms with Crippen molar-refractivity contribution in [3.05, 3.63) is 75.7 Å². The van der Waals surface area contributed by atoms with Crippen molar-refractivity contribution in [3.63, 3.8) is 0 Å². The van der Waals surface area contributed by atoms with Gasteiger partial charge in [0.05, 0.1) is 16.6 Å². The van der Waals surface area contributed by atoms with E-state index in [0.717, 1.165) is 22.2 Å². The maximum atomic E-state index is 13.1. The molecule has 0 saturated heterocycles. The summed E-state index contributed by atoms with van der Waals surface area (Å²) in [5.74, 6) is -0.395. The lowest BCUT2D eigenvalue weighted by Crippen LogP contribution is -2.40. The van der Waals surface area contributed by atoms with Gasteiger partial charge in [-0.05, 0) is 44.8 Å². The van der Waals surface area contributed by atoms with Crippen LogP contribution in [-0.2, 0) is 24.1 Å². The van der Waals surface area contributed by atoms with Crippen LogP contribution in [0.4, 0.5) is 13.2 Å². The zero-order valence-corrected chi connectivity index (χ0v) is 18.2. The topological polar surface area (TPSA) is 58.4 Å². The number of nitrogens with zero attached hydrogens (tertiary/aromatic N) is 4. The van der Waals surface area contributed by atoms with E-state index in [1.165, 1.54) is 11.0 Å². The number of hydrogen-bond donors (Lipinski definition) is 0. The summed E-state index contributed by atoms with van der Waals surface area (Å²) in [6.07, 6.45) is -4.46. The van der Waals surface area contributed by atoms with Crippen LogP contribution in [0.1, 0.15) is 16.8 Å². The fourth-order valence-corrected chi connectivity index (χ4v) is 3.42. The minimum atomic E-state index is -4.46. The smallest absolute Gasteiger partial charge is 0.335 e. The van der Waals surface area contributed by atoms with E-state index in [9.17, 15) is 22.8 Å². The fourth-order valence-electron chi connectivity index (χ4n) is 3.42. The molecule has 0 aliphatic carbocycles. The maximum Gasteiger partial charge on any atom is 0.416 e. The summed E-state index contributed by atoms with van der Waals surface area (Å²) in [7, 11) is 3.68. The third-order valence-corrected chi connectivity index (χ3v) is 5.14. The molecule has 0 radical (unpaired) electrons. The van der Waals surface area contributed by atoms with Gasteiger partial charge in [0.25, 0.3) is 5.56 Å². The van der Waals surface area contributed by atoms with E-state index in [0.29, 0.717) is 29.7 Å². The Hall–Kier alpha value is -3.20. The van der Waals surface area contributed by atoms with Crippen LogP contribution in [0, 0.1) is 6.92 Å². The van der Waals surface area contributed by atoms with Gasteiger partial charge >= 0.3 is 6.18 Å². The number of rotatable bonds is 7. The molecule has 0 unspecified atom stereocenters. The van der Waals surface area contributed by atoms with E-state index in [1.807, 2.05) is 25.1 Å². The Morgan fingerprint density at radius 3 is 2.38 bits per heavy atom. The van der Waals surface area contributed by atoms with E-state index in [2.05, 4.69) is 5.10 Å². The average molecular weight is 446 g/mol. The standard InChI is InChI=1S/C23H25F3N4O2/c1-16-19-9-4-5-10-20(19)22(32)30(27-16)15-21(31)29(12-11-28(2)3)14-17-7-6-8-18(13-17)23(24,25)26/h4-10,13H,11-12,14-15H2,1-3H3. The van der Waals surface area contributed by atoms with Gasteiger partial charge in [-0.25, -0.2) is 4.68 Å². The summed E-state index contributed by atoms with van der Waals surface area (Å²) in [6, 6.07) is 11.9.